The Morgan fingerprint density at radius 2 is 2.20 bits per heavy atom. The van der Waals surface area contributed by atoms with Crippen molar-refractivity contribution in [2.45, 2.75) is 46.1 Å². The molecule has 2 rings (SSSR count). The van der Waals surface area contributed by atoms with Crippen LogP contribution in [-0.4, -0.2) is 30.9 Å². The lowest BCUT2D eigenvalue weighted by Gasteiger charge is -2.25. The lowest BCUT2D eigenvalue weighted by atomic mass is 9.88. The molecule has 1 heterocycles. The van der Waals surface area contributed by atoms with Gasteiger partial charge in [-0.15, -0.1) is 0 Å². The maximum absolute atomic E-state index is 8.91. The van der Waals surface area contributed by atoms with E-state index >= 15 is 0 Å². The third-order valence-corrected chi connectivity index (χ3v) is 3.94. The Hall–Kier alpha value is -1.06. The molecule has 2 N–H and O–H groups in total. The standard InChI is InChI=1S/C17H27NO2/c1-13-5-6-16-14(9-13)10-15(20-16)11-18-12-17(2,3)7-4-8-19/h5-6,9,15,18-19H,4,7-8,10-12H2,1-3H3. The second-order valence-electron chi connectivity index (χ2n) is 6.68. The summed E-state index contributed by atoms with van der Waals surface area (Å²) in [6.45, 7) is 8.73. The molecule has 0 saturated carbocycles. The van der Waals surface area contributed by atoms with Crippen LogP contribution in [0.25, 0.3) is 0 Å². The molecule has 1 aliphatic heterocycles. The van der Waals surface area contributed by atoms with Crippen LogP contribution < -0.4 is 10.1 Å². The smallest absolute Gasteiger partial charge is 0.123 e. The van der Waals surface area contributed by atoms with E-state index in [1.807, 2.05) is 0 Å². The number of ether oxygens (including phenoxy) is 1. The minimum absolute atomic E-state index is 0.227. The zero-order valence-corrected chi connectivity index (χ0v) is 12.9. The highest BCUT2D eigenvalue weighted by Gasteiger charge is 2.23. The Morgan fingerprint density at radius 3 is 2.95 bits per heavy atom. The second-order valence-corrected chi connectivity index (χ2v) is 6.68. The van der Waals surface area contributed by atoms with Gasteiger partial charge in [-0.05, 0) is 36.8 Å². The van der Waals surface area contributed by atoms with Crippen molar-refractivity contribution >= 4 is 0 Å². The average molecular weight is 277 g/mol. The normalized spacial score (nSPS) is 17.9. The van der Waals surface area contributed by atoms with Crippen molar-refractivity contribution in [1.82, 2.24) is 5.32 Å². The molecule has 0 saturated heterocycles. The molecule has 1 aromatic carbocycles. The maximum atomic E-state index is 8.91. The molecule has 20 heavy (non-hydrogen) atoms. The number of nitrogens with one attached hydrogen (secondary N) is 1. The first-order valence-electron chi connectivity index (χ1n) is 7.58. The fourth-order valence-corrected chi connectivity index (χ4v) is 2.78. The Labute approximate surface area is 122 Å². The van der Waals surface area contributed by atoms with Gasteiger partial charge in [-0.3, -0.25) is 0 Å². The highest BCUT2D eigenvalue weighted by Crippen LogP contribution is 2.29. The first-order chi connectivity index (χ1) is 9.50. The molecule has 3 nitrogen and oxygen atoms in total. The Balaban J connectivity index is 1.74. The van der Waals surface area contributed by atoms with Crippen molar-refractivity contribution in [3.8, 4) is 5.75 Å². The first kappa shape index (κ1) is 15.3. The molecule has 1 aromatic rings. The molecular weight excluding hydrogens is 250 g/mol. The summed E-state index contributed by atoms with van der Waals surface area (Å²) in [4.78, 5) is 0. The first-order valence-corrected chi connectivity index (χ1v) is 7.58. The summed E-state index contributed by atoms with van der Waals surface area (Å²) in [7, 11) is 0. The minimum atomic E-state index is 0.227. The van der Waals surface area contributed by atoms with Gasteiger partial charge in [-0.25, -0.2) is 0 Å². The van der Waals surface area contributed by atoms with Gasteiger partial charge in [-0.2, -0.15) is 0 Å². The van der Waals surface area contributed by atoms with Gasteiger partial charge >= 0.3 is 0 Å². The number of aryl methyl sites for hydroxylation is 1. The summed E-state index contributed by atoms with van der Waals surface area (Å²) < 4.78 is 5.96. The van der Waals surface area contributed by atoms with Gasteiger partial charge in [0, 0.05) is 26.1 Å². The summed E-state index contributed by atoms with van der Waals surface area (Å²) in [5.74, 6) is 1.04. The van der Waals surface area contributed by atoms with Crippen LogP contribution in [0.2, 0.25) is 0 Å². The largest absolute Gasteiger partial charge is 0.488 e. The lowest BCUT2D eigenvalue weighted by Crippen LogP contribution is -2.36. The van der Waals surface area contributed by atoms with Crippen molar-refractivity contribution in [1.29, 1.82) is 0 Å². The molecule has 0 amide bonds. The van der Waals surface area contributed by atoms with Crippen molar-refractivity contribution < 1.29 is 9.84 Å². The molecule has 1 atom stereocenters. The van der Waals surface area contributed by atoms with E-state index < -0.39 is 0 Å². The second kappa shape index (κ2) is 6.59. The van der Waals surface area contributed by atoms with Crippen LogP contribution in [0, 0.1) is 12.3 Å². The van der Waals surface area contributed by atoms with Gasteiger partial charge in [0.1, 0.15) is 11.9 Å². The Bertz CT molecular complexity index is 443. The monoisotopic (exact) mass is 277 g/mol. The summed E-state index contributed by atoms with van der Waals surface area (Å²) in [6, 6.07) is 6.41. The quantitative estimate of drug-likeness (QED) is 0.805. The van der Waals surface area contributed by atoms with Gasteiger partial charge in [0.15, 0.2) is 0 Å². The van der Waals surface area contributed by atoms with Crippen LogP contribution in [0.4, 0.5) is 0 Å². The molecule has 0 spiro atoms. The molecule has 0 radical (unpaired) electrons. The fourth-order valence-electron chi connectivity index (χ4n) is 2.78. The van der Waals surface area contributed by atoms with Crippen molar-refractivity contribution in [3.05, 3.63) is 29.3 Å². The number of hydrogen-bond donors (Lipinski definition) is 2. The van der Waals surface area contributed by atoms with E-state index in [2.05, 4.69) is 44.3 Å². The molecule has 0 aliphatic carbocycles. The number of benzene rings is 1. The summed E-state index contributed by atoms with van der Waals surface area (Å²) >= 11 is 0. The predicted octanol–water partition coefficient (Wildman–Crippen LogP) is 2.69. The van der Waals surface area contributed by atoms with Gasteiger partial charge < -0.3 is 15.2 Å². The van der Waals surface area contributed by atoms with E-state index in [0.29, 0.717) is 0 Å². The average Bonchev–Trinajstić information content (AvgIpc) is 2.78. The fraction of sp³-hybridized carbons (Fsp3) is 0.647. The van der Waals surface area contributed by atoms with E-state index in [4.69, 9.17) is 9.84 Å². The van der Waals surface area contributed by atoms with Gasteiger partial charge in [-0.1, -0.05) is 31.5 Å². The predicted molar refractivity (Wildman–Crippen MR) is 82.3 cm³/mol. The third-order valence-electron chi connectivity index (χ3n) is 3.94. The molecule has 0 bridgehead atoms. The van der Waals surface area contributed by atoms with E-state index in [1.165, 1.54) is 11.1 Å². The zero-order valence-electron chi connectivity index (χ0n) is 12.9. The number of aliphatic hydroxyl groups excluding tert-OH is 1. The number of aliphatic hydroxyl groups is 1. The molecule has 0 aromatic heterocycles. The summed E-state index contributed by atoms with van der Waals surface area (Å²) in [6.07, 6.45) is 3.17. The molecule has 3 heteroatoms. The van der Waals surface area contributed by atoms with E-state index in [0.717, 1.165) is 38.1 Å². The molecule has 1 aliphatic rings. The SMILES string of the molecule is Cc1ccc2c(c1)CC(CNCC(C)(C)CCCO)O2. The van der Waals surface area contributed by atoms with Crippen molar-refractivity contribution in [2.75, 3.05) is 19.7 Å². The third kappa shape index (κ3) is 4.22. The van der Waals surface area contributed by atoms with E-state index in [-0.39, 0.29) is 18.1 Å². The van der Waals surface area contributed by atoms with Gasteiger partial charge in [0.05, 0.1) is 0 Å². The number of hydrogen-bond acceptors (Lipinski definition) is 3. The minimum Gasteiger partial charge on any atom is -0.488 e. The van der Waals surface area contributed by atoms with Crippen LogP contribution in [0.3, 0.4) is 0 Å². The van der Waals surface area contributed by atoms with E-state index in [1.54, 1.807) is 0 Å². The molecule has 0 fully saturated rings. The van der Waals surface area contributed by atoms with E-state index in [9.17, 15) is 0 Å². The molecule has 112 valence electrons. The van der Waals surface area contributed by atoms with Crippen LogP contribution in [0.1, 0.15) is 37.8 Å². The van der Waals surface area contributed by atoms with Crippen LogP contribution in [0.15, 0.2) is 18.2 Å². The summed E-state index contributed by atoms with van der Waals surface area (Å²) in [5, 5.41) is 12.4. The van der Waals surface area contributed by atoms with Crippen molar-refractivity contribution in [3.63, 3.8) is 0 Å². The summed E-state index contributed by atoms with van der Waals surface area (Å²) in [5.41, 5.74) is 2.85. The van der Waals surface area contributed by atoms with Crippen LogP contribution >= 0.6 is 0 Å². The number of fused-ring (bicyclic) bond motifs is 1. The Morgan fingerprint density at radius 1 is 1.40 bits per heavy atom. The highest BCUT2D eigenvalue weighted by atomic mass is 16.5. The van der Waals surface area contributed by atoms with Crippen LogP contribution in [-0.2, 0) is 6.42 Å². The maximum Gasteiger partial charge on any atom is 0.123 e. The Kier molecular flexibility index (Phi) is 5.06. The van der Waals surface area contributed by atoms with Crippen LogP contribution in [0.5, 0.6) is 5.75 Å². The highest BCUT2D eigenvalue weighted by molar-refractivity contribution is 5.40. The lowest BCUT2D eigenvalue weighted by molar-refractivity contribution is 0.205. The molecular formula is C17H27NO2. The van der Waals surface area contributed by atoms with Gasteiger partial charge in [0.25, 0.3) is 0 Å². The topological polar surface area (TPSA) is 41.5 Å². The molecule has 1 unspecified atom stereocenters. The van der Waals surface area contributed by atoms with Crippen molar-refractivity contribution in [2.24, 2.45) is 5.41 Å². The number of rotatable bonds is 7. The van der Waals surface area contributed by atoms with Gasteiger partial charge in [0.2, 0.25) is 0 Å². The zero-order chi connectivity index (χ0) is 14.6.